The van der Waals surface area contributed by atoms with Crippen LogP contribution < -0.4 is 10.6 Å². The summed E-state index contributed by atoms with van der Waals surface area (Å²) in [5.41, 5.74) is 1.12. The third kappa shape index (κ3) is 5.82. The van der Waals surface area contributed by atoms with Crippen molar-refractivity contribution in [3.8, 4) is 0 Å². The van der Waals surface area contributed by atoms with Crippen LogP contribution in [0.4, 0.5) is 0 Å². The number of aryl methyl sites for hydroxylation is 1. The van der Waals surface area contributed by atoms with Crippen molar-refractivity contribution in [2.75, 3.05) is 26.7 Å². The minimum Gasteiger partial charge on any atom is -0.373 e. The molecule has 0 bridgehead atoms. The van der Waals surface area contributed by atoms with Gasteiger partial charge in [-0.3, -0.25) is 9.67 Å². The minimum atomic E-state index is -0.0588. The van der Waals surface area contributed by atoms with Gasteiger partial charge in [0.05, 0.1) is 18.3 Å². The number of nitrogens with zero attached hydrogens (tertiary/aromatic N) is 3. The number of halogens is 1. The van der Waals surface area contributed by atoms with Crippen LogP contribution in [-0.4, -0.2) is 48.1 Å². The highest BCUT2D eigenvalue weighted by molar-refractivity contribution is 14.0. The number of hydrogen-bond donors (Lipinski definition) is 2. The van der Waals surface area contributed by atoms with E-state index in [1.54, 1.807) is 7.05 Å². The molecule has 1 saturated heterocycles. The second-order valence-electron chi connectivity index (χ2n) is 5.54. The summed E-state index contributed by atoms with van der Waals surface area (Å²) >= 11 is 0. The van der Waals surface area contributed by atoms with Gasteiger partial charge in [-0.15, -0.1) is 24.0 Å². The van der Waals surface area contributed by atoms with E-state index in [0.717, 1.165) is 45.0 Å². The Morgan fingerprint density at radius 2 is 2.33 bits per heavy atom. The lowest BCUT2D eigenvalue weighted by molar-refractivity contribution is 0.0243. The van der Waals surface area contributed by atoms with Gasteiger partial charge in [0.1, 0.15) is 0 Å². The first-order valence-corrected chi connectivity index (χ1v) is 7.19. The van der Waals surface area contributed by atoms with Crippen LogP contribution in [-0.2, 0) is 11.3 Å². The van der Waals surface area contributed by atoms with E-state index >= 15 is 0 Å². The lowest BCUT2D eigenvalue weighted by Crippen LogP contribution is -2.46. The first-order chi connectivity index (χ1) is 9.61. The molecule has 1 aromatic rings. The number of aromatic nitrogens is 2. The number of hydrogen-bond acceptors (Lipinski definition) is 3. The molecule has 1 atom stereocenters. The lowest BCUT2D eigenvalue weighted by Gasteiger charge is -2.24. The molecule has 0 spiro atoms. The van der Waals surface area contributed by atoms with Gasteiger partial charge in [0.25, 0.3) is 0 Å². The van der Waals surface area contributed by atoms with Crippen LogP contribution in [0.5, 0.6) is 0 Å². The van der Waals surface area contributed by atoms with Gasteiger partial charge in [-0.25, -0.2) is 0 Å². The van der Waals surface area contributed by atoms with Crippen LogP contribution >= 0.6 is 24.0 Å². The van der Waals surface area contributed by atoms with E-state index in [1.807, 2.05) is 24.0 Å². The molecule has 7 heteroatoms. The van der Waals surface area contributed by atoms with Crippen molar-refractivity contribution in [2.45, 2.75) is 38.8 Å². The van der Waals surface area contributed by atoms with E-state index in [2.05, 4.69) is 27.6 Å². The maximum atomic E-state index is 5.75. The Morgan fingerprint density at radius 1 is 1.52 bits per heavy atom. The molecule has 21 heavy (non-hydrogen) atoms. The second kappa shape index (κ2) is 8.57. The van der Waals surface area contributed by atoms with Crippen molar-refractivity contribution in [1.29, 1.82) is 0 Å². The molecule has 0 aromatic carbocycles. The summed E-state index contributed by atoms with van der Waals surface area (Å²) in [6.45, 7) is 7.45. The molecule has 1 aromatic heterocycles. The fraction of sp³-hybridized carbons (Fsp3) is 0.714. The Hall–Kier alpha value is -0.830. The predicted molar refractivity (Wildman–Crippen MR) is 95.3 cm³/mol. The average Bonchev–Trinajstić information content (AvgIpc) is 3.03. The maximum Gasteiger partial charge on any atom is 0.191 e. The van der Waals surface area contributed by atoms with E-state index in [9.17, 15) is 0 Å². The Kier molecular flexibility index (Phi) is 7.44. The van der Waals surface area contributed by atoms with Gasteiger partial charge in [0.2, 0.25) is 0 Å². The molecule has 1 aliphatic heterocycles. The standard InChI is InChI=1S/C14H25N5O.HI/c1-12-9-18-19(10-12)7-6-16-13(15-3)17-11-14(2)5-4-8-20-14;/h9-10H,4-8,11H2,1-3H3,(H2,15,16,17);1H. The zero-order valence-corrected chi connectivity index (χ0v) is 15.4. The van der Waals surface area contributed by atoms with Crippen LogP contribution in [0.1, 0.15) is 25.3 Å². The molecule has 0 radical (unpaired) electrons. The van der Waals surface area contributed by atoms with Gasteiger partial charge in [-0.05, 0) is 32.3 Å². The van der Waals surface area contributed by atoms with E-state index in [1.165, 1.54) is 5.56 Å². The molecule has 2 rings (SSSR count). The normalized spacial score (nSPS) is 22.0. The molecule has 1 fully saturated rings. The van der Waals surface area contributed by atoms with Gasteiger partial charge in [-0.1, -0.05) is 0 Å². The first kappa shape index (κ1) is 18.2. The van der Waals surface area contributed by atoms with Crippen molar-refractivity contribution in [1.82, 2.24) is 20.4 Å². The summed E-state index contributed by atoms with van der Waals surface area (Å²) < 4.78 is 7.68. The topological polar surface area (TPSA) is 63.5 Å². The quantitative estimate of drug-likeness (QED) is 0.442. The second-order valence-corrected chi connectivity index (χ2v) is 5.54. The monoisotopic (exact) mass is 407 g/mol. The molecule has 6 nitrogen and oxygen atoms in total. The highest BCUT2D eigenvalue weighted by atomic mass is 127. The van der Waals surface area contributed by atoms with Crippen LogP contribution in [0, 0.1) is 6.92 Å². The van der Waals surface area contributed by atoms with Gasteiger partial charge < -0.3 is 15.4 Å². The van der Waals surface area contributed by atoms with Gasteiger partial charge >= 0.3 is 0 Å². The molecule has 2 heterocycles. The molecule has 2 N–H and O–H groups in total. The molecule has 0 saturated carbocycles. The van der Waals surface area contributed by atoms with Crippen molar-refractivity contribution >= 4 is 29.9 Å². The summed E-state index contributed by atoms with van der Waals surface area (Å²) in [5.74, 6) is 0.811. The Labute approximate surface area is 143 Å². The number of guanidine groups is 1. The molecule has 1 aliphatic rings. The molecular formula is C14H26IN5O. The van der Waals surface area contributed by atoms with Crippen molar-refractivity contribution < 1.29 is 4.74 Å². The summed E-state index contributed by atoms with van der Waals surface area (Å²) in [6, 6.07) is 0. The summed E-state index contributed by atoms with van der Waals surface area (Å²) in [7, 11) is 1.78. The smallest absolute Gasteiger partial charge is 0.191 e. The molecule has 0 amide bonds. The van der Waals surface area contributed by atoms with Crippen LogP contribution in [0.25, 0.3) is 0 Å². The van der Waals surface area contributed by atoms with Gasteiger partial charge in [0, 0.05) is 32.9 Å². The minimum absolute atomic E-state index is 0. The summed E-state index contributed by atoms with van der Waals surface area (Å²) in [5, 5.41) is 10.9. The van der Waals surface area contributed by atoms with Crippen LogP contribution in [0.3, 0.4) is 0 Å². The Bertz CT molecular complexity index is 454. The SMILES string of the molecule is CN=C(NCCn1cc(C)cn1)NCC1(C)CCCO1.I. The Morgan fingerprint density at radius 3 is 2.90 bits per heavy atom. The average molecular weight is 407 g/mol. The first-order valence-electron chi connectivity index (χ1n) is 7.19. The van der Waals surface area contributed by atoms with Crippen LogP contribution in [0.2, 0.25) is 0 Å². The van der Waals surface area contributed by atoms with Gasteiger partial charge in [-0.2, -0.15) is 5.10 Å². The highest BCUT2D eigenvalue weighted by Gasteiger charge is 2.29. The largest absolute Gasteiger partial charge is 0.373 e. The highest BCUT2D eigenvalue weighted by Crippen LogP contribution is 2.23. The van der Waals surface area contributed by atoms with Crippen molar-refractivity contribution in [3.05, 3.63) is 18.0 Å². The zero-order valence-electron chi connectivity index (χ0n) is 13.1. The van der Waals surface area contributed by atoms with E-state index in [4.69, 9.17) is 4.74 Å². The van der Waals surface area contributed by atoms with Crippen molar-refractivity contribution in [3.63, 3.8) is 0 Å². The third-order valence-corrected chi connectivity index (χ3v) is 3.55. The third-order valence-electron chi connectivity index (χ3n) is 3.55. The molecule has 120 valence electrons. The number of rotatable bonds is 5. The van der Waals surface area contributed by atoms with E-state index < -0.39 is 0 Å². The van der Waals surface area contributed by atoms with E-state index in [-0.39, 0.29) is 29.6 Å². The summed E-state index contributed by atoms with van der Waals surface area (Å²) in [6.07, 6.45) is 6.14. The van der Waals surface area contributed by atoms with Gasteiger partial charge in [0.15, 0.2) is 5.96 Å². The maximum absolute atomic E-state index is 5.75. The lowest BCUT2D eigenvalue weighted by atomic mass is 10.0. The number of ether oxygens (including phenoxy) is 1. The fourth-order valence-corrected chi connectivity index (χ4v) is 2.35. The number of aliphatic imine (C=N–C) groups is 1. The van der Waals surface area contributed by atoms with Crippen molar-refractivity contribution in [2.24, 2.45) is 4.99 Å². The summed E-state index contributed by atoms with van der Waals surface area (Å²) in [4.78, 5) is 4.23. The zero-order chi connectivity index (χ0) is 14.4. The Balaban J connectivity index is 0.00000220. The van der Waals surface area contributed by atoms with Crippen LogP contribution in [0.15, 0.2) is 17.4 Å². The molecular weight excluding hydrogens is 381 g/mol. The molecule has 0 aliphatic carbocycles. The predicted octanol–water partition coefficient (Wildman–Crippen LogP) is 1.54. The fourth-order valence-electron chi connectivity index (χ4n) is 2.35. The molecule has 1 unspecified atom stereocenters. The number of nitrogens with one attached hydrogen (secondary N) is 2. The van der Waals surface area contributed by atoms with E-state index in [0.29, 0.717) is 0 Å².